The first-order valence-corrected chi connectivity index (χ1v) is 11.5. The van der Waals surface area contributed by atoms with Gasteiger partial charge in [0.15, 0.2) is 0 Å². The van der Waals surface area contributed by atoms with Crippen LogP contribution in [-0.4, -0.2) is 51.2 Å². The van der Waals surface area contributed by atoms with E-state index in [1.165, 1.54) is 0 Å². The molecule has 2 N–H and O–H groups in total. The summed E-state index contributed by atoms with van der Waals surface area (Å²) in [7, 11) is 0. The van der Waals surface area contributed by atoms with Gasteiger partial charge < -0.3 is 10.2 Å². The van der Waals surface area contributed by atoms with Crippen molar-refractivity contribution in [2.75, 3.05) is 25.0 Å². The van der Waals surface area contributed by atoms with Crippen molar-refractivity contribution in [2.24, 2.45) is 17.3 Å². The van der Waals surface area contributed by atoms with E-state index in [2.05, 4.69) is 34.6 Å². The maximum atomic E-state index is 12.5. The standard InChI is InChI=1S/C23H31ClN6O2/c1-14(2)21(31)29-6-5-15(12-29)9-26-22(32)28-20-7-16(18(24)11-25-20)17-10-27-30-13-23(3,4)8-19(17)30/h7,10-11,14-15H,5-6,8-9,12-13H2,1-4H3,(H2,25,26,28,32)/t15-/m1/s1. The van der Waals surface area contributed by atoms with Gasteiger partial charge in [-0.05, 0) is 30.2 Å². The molecule has 0 aromatic carbocycles. The summed E-state index contributed by atoms with van der Waals surface area (Å²) in [4.78, 5) is 30.7. The van der Waals surface area contributed by atoms with Crippen molar-refractivity contribution in [3.05, 3.63) is 29.2 Å². The third kappa shape index (κ3) is 4.75. The fraction of sp³-hybridized carbons (Fsp3) is 0.565. The van der Waals surface area contributed by atoms with Crippen LogP contribution < -0.4 is 10.6 Å². The van der Waals surface area contributed by atoms with Crippen molar-refractivity contribution in [3.63, 3.8) is 0 Å². The van der Waals surface area contributed by atoms with Gasteiger partial charge in [0, 0.05) is 55.1 Å². The van der Waals surface area contributed by atoms with Gasteiger partial charge in [0.05, 0.1) is 11.2 Å². The molecule has 0 bridgehead atoms. The van der Waals surface area contributed by atoms with E-state index in [0.717, 1.165) is 42.8 Å². The highest BCUT2D eigenvalue weighted by molar-refractivity contribution is 6.33. The third-order valence-corrected chi connectivity index (χ3v) is 6.50. The summed E-state index contributed by atoms with van der Waals surface area (Å²) >= 11 is 6.45. The second-order valence-electron chi connectivity index (χ2n) is 9.98. The molecule has 0 unspecified atom stereocenters. The van der Waals surface area contributed by atoms with Gasteiger partial charge in [-0.25, -0.2) is 9.78 Å². The molecule has 1 fully saturated rings. The van der Waals surface area contributed by atoms with E-state index in [1.54, 1.807) is 12.3 Å². The van der Waals surface area contributed by atoms with E-state index in [-0.39, 0.29) is 29.2 Å². The second kappa shape index (κ2) is 8.73. The number of urea groups is 1. The quantitative estimate of drug-likeness (QED) is 0.712. The highest BCUT2D eigenvalue weighted by atomic mass is 35.5. The van der Waals surface area contributed by atoms with Gasteiger partial charge >= 0.3 is 6.03 Å². The van der Waals surface area contributed by atoms with Crippen LogP contribution in [0.1, 0.15) is 39.8 Å². The summed E-state index contributed by atoms with van der Waals surface area (Å²) in [6.07, 6.45) is 5.20. The zero-order valence-electron chi connectivity index (χ0n) is 19.1. The molecule has 2 aliphatic rings. The highest BCUT2D eigenvalue weighted by Crippen LogP contribution is 2.39. The van der Waals surface area contributed by atoms with Crippen LogP contribution in [-0.2, 0) is 17.8 Å². The molecule has 0 spiro atoms. The van der Waals surface area contributed by atoms with Crippen molar-refractivity contribution in [1.29, 1.82) is 0 Å². The predicted octanol–water partition coefficient (Wildman–Crippen LogP) is 3.81. The molecule has 32 heavy (non-hydrogen) atoms. The van der Waals surface area contributed by atoms with E-state index in [9.17, 15) is 9.59 Å². The van der Waals surface area contributed by atoms with Gasteiger partial charge in [0.2, 0.25) is 5.91 Å². The minimum atomic E-state index is -0.319. The van der Waals surface area contributed by atoms with Crippen LogP contribution in [0.5, 0.6) is 0 Å². The van der Waals surface area contributed by atoms with E-state index in [1.807, 2.05) is 29.6 Å². The molecule has 1 atom stereocenters. The van der Waals surface area contributed by atoms with Crippen LogP contribution in [0.15, 0.2) is 18.5 Å². The highest BCUT2D eigenvalue weighted by Gasteiger charge is 2.32. The number of halogens is 1. The van der Waals surface area contributed by atoms with Crippen LogP contribution >= 0.6 is 11.6 Å². The first-order valence-electron chi connectivity index (χ1n) is 11.2. The van der Waals surface area contributed by atoms with Crippen LogP contribution in [0.4, 0.5) is 10.6 Å². The first kappa shape index (κ1) is 22.6. The molecule has 0 saturated carbocycles. The number of rotatable bonds is 5. The minimum absolute atomic E-state index is 0.00138. The molecule has 3 amide bonds. The number of nitrogens with one attached hydrogen (secondary N) is 2. The maximum Gasteiger partial charge on any atom is 0.320 e. The normalized spacial score (nSPS) is 19.3. The van der Waals surface area contributed by atoms with E-state index in [0.29, 0.717) is 23.9 Å². The summed E-state index contributed by atoms with van der Waals surface area (Å²) in [5, 5.41) is 10.7. The van der Waals surface area contributed by atoms with Crippen molar-refractivity contribution < 1.29 is 9.59 Å². The van der Waals surface area contributed by atoms with Crippen molar-refractivity contribution >= 4 is 29.4 Å². The zero-order valence-corrected chi connectivity index (χ0v) is 19.9. The Labute approximate surface area is 193 Å². The Kier molecular flexibility index (Phi) is 6.16. The van der Waals surface area contributed by atoms with E-state index < -0.39 is 0 Å². The second-order valence-corrected chi connectivity index (χ2v) is 10.4. The lowest BCUT2D eigenvalue weighted by atomic mass is 9.89. The third-order valence-electron chi connectivity index (χ3n) is 6.20. The summed E-state index contributed by atoms with van der Waals surface area (Å²) in [6, 6.07) is 1.48. The number of anilines is 1. The first-order chi connectivity index (χ1) is 15.1. The summed E-state index contributed by atoms with van der Waals surface area (Å²) in [5.41, 5.74) is 3.11. The molecule has 0 radical (unpaired) electrons. The zero-order chi connectivity index (χ0) is 23.0. The Hall–Kier alpha value is -2.61. The lowest BCUT2D eigenvalue weighted by molar-refractivity contribution is -0.133. The average Bonchev–Trinajstić information content (AvgIpc) is 3.41. The molecule has 8 nitrogen and oxygen atoms in total. The van der Waals surface area contributed by atoms with Crippen LogP contribution in [0.3, 0.4) is 0 Å². The topological polar surface area (TPSA) is 92.2 Å². The fourth-order valence-electron chi connectivity index (χ4n) is 4.55. The number of hydrogen-bond acceptors (Lipinski definition) is 4. The number of aromatic nitrogens is 3. The maximum absolute atomic E-state index is 12.5. The predicted molar refractivity (Wildman–Crippen MR) is 124 cm³/mol. The number of carbonyl (C=O) groups is 2. The van der Waals surface area contributed by atoms with Gasteiger partial charge in [0.1, 0.15) is 5.82 Å². The molecular weight excluding hydrogens is 428 g/mol. The SMILES string of the molecule is CC(C)C(=O)N1CC[C@H](CNC(=O)Nc2cc(-c3cnn4c3CC(C)(C)C4)c(Cl)cn2)C1. The van der Waals surface area contributed by atoms with Gasteiger partial charge in [-0.3, -0.25) is 14.8 Å². The molecule has 4 rings (SSSR count). The number of pyridine rings is 1. The van der Waals surface area contributed by atoms with Crippen LogP contribution in [0, 0.1) is 17.3 Å². The summed E-state index contributed by atoms with van der Waals surface area (Å²) in [6.45, 7) is 11.1. The number of likely N-dealkylation sites (tertiary alicyclic amines) is 1. The fourth-order valence-corrected chi connectivity index (χ4v) is 4.75. The van der Waals surface area contributed by atoms with Gasteiger partial charge in [-0.15, -0.1) is 0 Å². The number of carbonyl (C=O) groups excluding carboxylic acids is 2. The average molecular weight is 459 g/mol. The number of fused-ring (bicyclic) bond motifs is 1. The molecule has 4 heterocycles. The molecule has 2 aromatic heterocycles. The molecule has 9 heteroatoms. The largest absolute Gasteiger partial charge is 0.342 e. The van der Waals surface area contributed by atoms with Gasteiger partial charge in [-0.1, -0.05) is 39.3 Å². The Morgan fingerprint density at radius 3 is 2.81 bits per heavy atom. The van der Waals surface area contributed by atoms with Crippen molar-refractivity contribution in [2.45, 2.75) is 47.1 Å². The summed E-state index contributed by atoms with van der Waals surface area (Å²) < 4.78 is 2.03. The Bertz CT molecular complexity index is 1030. The minimum Gasteiger partial charge on any atom is -0.342 e. The van der Waals surface area contributed by atoms with E-state index >= 15 is 0 Å². The molecule has 172 valence electrons. The molecular formula is C23H31ClN6O2. The van der Waals surface area contributed by atoms with Crippen LogP contribution in [0.25, 0.3) is 11.1 Å². The van der Waals surface area contributed by atoms with Gasteiger partial charge in [-0.2, -0.15) is 5.10 Å². The molecule has 2 aliphatic heterocycles. The van der Waals surface area contributed by atoms with Crippen molar-refractivity contribution in [1.82, 2.24) is 25.0 Å². The Morgan fingerprint density at radius 1 is 1.28 bits per heavy atom. The lowest BCUT2D eigenvalue weighted by Crippen LogP contribution is -2.36. The Balaban J connectivity index is 1.37. The smallest absolute Gasteiger partial charge is 0.320 e. The molecule has 1 saturated heterocycles. The number of amides is 3. The van der Waals surface area contributed by atoms with Crippen LogP contribution in [0.2, 0.25) is 5.02 Å². The van der Waals surface area contributed by atoms with E-state index in [4.69, 9.17) is 11.6 Å². The molecule has 2 aromatic rings. The Morgan fingerprint density at radius 2 is 2.06 bits per heavy atom. The molecule has 0 aliphatic carbocycles. The van der Waals surface area contributed by atoms with Crippen molar-refractivity contribution in [3.8, 4) is 11.1 Å². The monoisotopic (exact) mass is 458 g/mol. The van der Waals surface area contributed by atoms with Gasteiger partial charge in [0.25, 0.3) is 0 Å². The lowest BCUT2D eigenvalue weighted by Gasteiger charge is -2.19. The summed E-state index contributed by atoms with van der Waals surface area (Å²) in [5.74, 6) is 0.862. The number of hydrogen-bond donors (Lipinski definition) is 2. The number of nitrogens with zero attached hydrogens (tertiary/aromatic N) is 4.